The van der Waals surface area contributed by atoms with E-state index in [0.717, 1.165) is 41.8 Å². The summed E-state index contributed by atoms with van der Waals surface area (Å²) in [4.78, 5) is 13.3. The predicted octanol–water partition coefficient (Wildman–Crippen LogP) is 6.77. The van der Waals surface area contributed by atoms with Crippen LogP contribution in [0.1, 0.15) is 47.3 Å². The summed E-state index contributed by atoms with van der Waals surface area (Å²) in [6.45, 7) is 2.34. The van der Waals surface area contributed by atoms with E-state index < -0.39 is 6.10 Å². The fourth-order valence-electron chi connectivity index (χ4n) is 4.84. The van der Waals surface area contributed by atoms with Crippen molar-refractivity contribution in [1.29, 1.82) is 0 Å². The molecular weight excluding hydrogens is 521 g/mol. The van der Waals surface area contributed by atoms with E-state index in [2.05, 4.69) is 5.32 Å². The number of ether oxygens (including phenoxy) is 1. The molecule has 4 aromatic rings. The van der Waals surface area contributed by atoms with Crippen LogP contribution in [0.2, 0.25) is 10.0 Å². The van der Waals surface area contributed by atoms with Gasteiger partial charge in [0.25, 0.3) is 5.91 Å². The minimum absolute atomic E-state index is 0.285. The molecule has 6 nitrogen and oxygen atoms in total. The third kappa shape index (κ3) is 5.73. The average molecular weight is 550 g/mol. The van der Waals surface area contributed by atoms with Gasteiger partial charge in [0.2, 0.25) is 0 Å². The molecule has 1 amide bonds. The molecule has 2 N–H and O–H groups in total. The van der Waals surface area contributed by atoms with E-state index in [0.29, 0.717) is 34.3 Å². The van der Waals surface area contributed by atoms with Crippen LogP contribution in [0.4, 0.5) is 0 Å². The molecule has 38 heavy (non-hydrogen) atoms. The molecule has 0 unspecified atom stereocenters. The first-order valence-electron chi connectivity index (χ1n) is 12.7. The minimum Gasteiger partial charge on any atom is -0.489 e. The molecule has 1 saturated carbocycles. The van der Waals surface area contributed by atoms with E-state index in [-0.39, 0.29) is 17.6 Å². The Morgan fingerprint density at radius 2 is 1.79 bits per heavy atom. The molecule has 1 aromatic heterocycles. The fraction of sp³-hybridized carbons (Fsp3) is 0.267. The van der Waals surface area contributed by atoms with Gasteiger partial charge in [-0.3, -0.25) is 4.79 Å². The Balaban J connectivity index is 1.48. The second-order valence-corrected chi connectivity index (χ2v) is 10.4. The number of aliphatic hydroxyl groups excluding tert-OH is 1. The van der Waals surface area contributed by atoms with Crippen molar-refractivity contribution in [3.63, 3.8) is 0 Å². The van der Waals surface area contributed by atoms with Crippen LogP contribution in [0.3, 0.4) is 0 Å². The standard InChI is InChI=1S/C30H29Cl2N3O3/c1-19-28(30(37)33-25-9-5-6-10-27(25)36)34-35(26-16-13-22(31)17-24(26)32)29(19)21-11-14-23(15-12-21)38-18-20-7-3-2-4-8-20/h2-4,7-8,11-17,25,27,36H,5-6,9-10,18H2,1H3,(H,33,37)/t25-,27+/m1/s1. The number of amides is 1. The van der Waals surface area contributed by atoms with Crippen molar-refractivity contribution < 1.29 is 14.6 Å². The van der Waals surface area contributed by atoms with Gasteiger partial charge in [0, 0.05) is 16.1 Å². The summed E-state index contributed by atoms with van der Waals surface area (Å²) in [5, 5.41) is 19.0. The third-order valence-corrected chi connectivity index (χ3v) is 7.44. The number of aromatic nitrogens is 2. The molecule has 1 aliphatic rings. The summed E-state index contributed by atoms with van der Waals surface area (Å²) >= 11 is 12.7. The van der Waals surface area contributed by atoms with Gasteiger partial charge in [-0.05, 0) is 67.8 Å². The van der Waals surface area contributed by atoms with E-state index in [1.54, 1.807) is 22.9 Å². The number of rotatable bonds is 7. The first kappa shape index (κ1) is 26.3. The summed E-state index contributed by atoms with van der Waals surface area (Å²) in [6, 6.07) is 22.5. The van der Waals surface area contributed by atoms with E-state index in [1.165, 1.54) is 0 Å². The van der Waals surface area contributed by atoms with Crippen LogP contribution in [-0.2, 0) is 6.61 Å². The molecule has 1 heterocycles. The molecule has 2 atom stereocenters. The van der Waals surface area contributed by atoms with Crippen molar-refractivity contribution in [3.8, 4) is 22.7 Å². The topological polar surface area (TPSA) is 76.4 Å². The highest BCUT2D eigenvalue weighted by Crippen LogP contribution is 2.34. The van der Waals surface area contributed by atoms with E-state index in [4.69, 9.17) is 33.0 Å². The molecule has 0 bridgehead atoms. The lowest BCUT2D eigenvalue weighted by molar-refractivity contribution is 0.0713. The van der Waals surface area contributed by atoms with Crippen molar-refractivity contribution in [2.75, 3.05) is 0 Å². The Morgan fingerprint density at radius 3 is 2.50 bits per heavy atom. The Morgan fingerprint density at radius 1 is 1.05 bits per heavy atom. The third-order valence-electron chi connectivity index (χ3n) is 6.90. The van der Waals surface area contributed by atoms with Crippen molar-refractivity contribution in [1.82, 2.24) is 15.1 Å². The number of nitrogens with one attached hydrogen (secondary N) is 1. The number of hydrogen-bond donors (Lipinski definition) is 2. The molecule has 8 heteroatoms. The largest absolute Gasteiger partial charge is 0.489 e. The van der Waals surface area contributed by atoms with Crippen LogP contribution in [0.5, 0.6) is 5.75 Å². The summed E-state index contributed by atoms with van der Waals surface area (Å²) < 4.78 is 7.63. The number of nitrogens with zero attached hydrogens (tertiary/aromatic N) is 2. The first-order valence-corrected chi connectivity index (χ1v) is 13.5. The zero-order valence-corrected chi connectivity index (χ0v) is 22.5. The van der Waals surface area contributed by atoms with Gasteiger partial charge in [-0.1, -0.05) is 66.4 Å². The molecule has 5 rings (SSSR count). The maximum absolute atomic E-state index is 13.3. The molecule has 196 valence electrons. The van der Waals surface area contributed by atoms with Gasteiger partial charge in [0.05, 0.1) is 28.5 Å². The maximum Gasteiger partial charge on any atom is 0.272 e. The highest BCUT2D eigenvalue weighted by molar-refractivity contribution is 6.35. The monoisotopic (exact) mass is 549 g/mol. The normalized spacial score (nSPS) is 17.3. The number of carbonyl (C=O) groups is 1. The second-order valence-electron chi connectivity index (χ2n) is 9.56. The van der Waals surface area contributed by atoms with Crippen LogP contribution in [0, 0.1) is 6.92 Å². The lowest BCUT2D eigenvalue weighted by atomic mass is 9.92. The van der Waals surface area contributed by atoms with Crippen LogP contribution in [0.15, 0.2) is 72.8 Å². The van der Waals surface area contributed by atoms with Crippen LogP contribution < -0.4 is 10.1 Å². The molecular formula is C30H29Cl2N3O3. The van der Waals surface area contributed by atoms with Crippen LogP contribution in [0.25, 0.3) is 16.9 Å². The van der Waals surface area contributed by atoms with Gasteiger partial charge < -0.3 is 15.2 Å². The Kier molecular flexibility index (Phi) is 8.03. The molecule has 1 aliphatic carbocycles. The second kappa shape index (κ2) is 11.6. The van der Waals surface area contributed by atoms with Crippen LogP contribution >= 0.6 is 23.2 Å². The van der Waals surface area contributed by atoms with Gasteiger partial charge >= 0.3 is 0 Å². The maximum atomic E-state index is 13.3. The molecule has 0 radical (unpaired) electrons. The average Bonchev–Trinajstić information content (AvgIpc) is 3.26. The summed E-state index contributed by atoms with van der Waals surface area (Å²) in [5.41, 5.74) is 4.27. The van der Waals surface area contributed by atoms with Crippen molar-refractivity contribution in [2.24, 2.45) is 0 Å². The molecule has 0 saturated heterocycles. The smallest absolute Gasteiger partial charge is 0.272 e. The number of benzene rings is 3. The van der Waals surface area contributed by atoms with Crippen molar-refractivity contribution in [2.45, 2.75) is 51.4 Å². The van der Waals surface area contributed by atoms with Gasteiger partial charge in [-0.15, -0.1) is 0 Å². The lowest BCUT2D eigenvalue weighted by Crippen LogP contribution is -2.45. The zero-order valence-electron chi connectivity index (χ0n) is 21.0. The summed E-state index contributed by atoms with van der Waals surface area (Å²) in [6.07, 6.45) is 2.81. The molecule has 0 spiro atoms. The first-order chi connectivity index (χ1) is 18.4. The van der Waals surface area contributed by atoms with Gasteiger partial charge in [-0.25, -0.2) is 4.68 Å². The van der Waals surface area contributed by atoms with Gasteiger partial charge in [-0.2, -0.15) is 5.10 Å². The minimum atomic E-state index is -0.552. The number of aliphatic hydroxyl groups is 1. The van der Waals surface area contributed by atoms with Gasteiger partial charge in [0.1, 0.15) is 12.4 Å². The summed E-state index contributed by atoms with van der Waals surface area (Å²) in [7, 11) is 0. The van der Waals surface area contributed by atoms with E-state index >= 15 is 0 Å². The molecule has 3 aromatic carbocycles. The SMILES string of the molecule is Cc1c(C(=O)N[C@@H]2CCCC[C@@H]2O)nn(-c2ccc(Cl)cc2Cl)c1-c1ccc(OCc2ccccc2)cc1. The Labute approximate surface area is 232 Å². The Hall–Kier alpha value is -3.32. The number of carbonyl (C=O) groups excluding carboxylic acids is 1. The van der Waals surface area contributed by atoms with Crippen molar-refractivity contribution in [3.05, 3.63) is 99.7 Å². The Bertz CT molecular complexity index is 1420. The highest BCUT2D eigenvalue weighted by atomic mass is 35.5. The fourth-order valence-corrected chi connectivity index (χ4v) is 5.33. The predicted molar refractivity (Wildman–Crippen MR) is 150 cm³/mol. The van der Waals surface area contributed by atoms with Crippen molar-refractivity contribution >= 4 is 29.1 Å². The van der Waals surface area contributed by atoms with E-state index in [9.17, 15) is 9.90 Å². The molecule has 0 aliphatic heterocycles. The lowest BCUT2D eigenvalue weighted by Gasteiger charge is -2.28. The number of halogens is 2. The molecule has 1 fully saturated rings. The van der Waals surface area contributed by atoms with Gasteiger partial charge in [0.15, 0.2) is 5.69 Å². The number of hydrogen-bond acceptors (Lipinski definition) is 4. The van der Waals surface area contributed by atoms with E-state index in [1.807, 2.05) is 61.5 Å². The zero-order chi connectivity index (χ0) is 26.6. The quantitative estimate of drug-likeness (QED) is 0.266. The highest BCUT2D eigenvalue weighted by Gasteiger charge is 2.28. The summed E-state index contributed by atoms with van der Waals surface area (Å²) in [5.74, 6) is 0.413. The van der Waals surface area contributed by atoms with Crippen LogP contribution in [-0.4, -0.2) is 32.9 Å².